The van der Waals surface area contributed by atoms with Crippen LogP contribution in [-0.2, 0) is 4.79 Å². The number of hydrogen-bond donors (Lipinski definition) is 1. The summed E-state index contributed by atoms with van der Waals surface area (Å²) in [5, 5.41) is 3.00. The van der Waals surface area contributed by atoms with Crippen LogP contribution in [0.5, 0.6) is 0 Å². The maximum atomic E-state index is 11.6. The number of rotatable bonds is 6. The molecule has 3 nitrogen and oxygen atoms in total. The van der Waals surface area contributed by atoms with Gasteiger partial charge in [-0.15, -0.1) is 0 Å². The number of likely N-dealkylation sites (tertiary alicyclic amines) is 1. The van der Waals surface area contributed by atoms with Crippen LogP contribution in [0.2, 0.25) is 0 Å². The Balaban J connectivity index is 2.06. The Morgan fingerprint density at radius 2 is 2.24 bits per heavy atom. The second-order valence-electron chi connectivity index (χ2n) is 5.83. The highest BCUT2D eigenvalue weighted by Gasteiger charge is 2.16. The van der Waals surface area contributed by atoms with Crippen molar-refractivity contribution >= 4 is 5.91 Å². The van der Waals surface area contributed by atoms with Crippen molar-refractivity contribution in [1.29, 1.82) is 0 Å². The maximum Gasteiger partial charge on any atom is 0.221 e. The van der Waals surface area contributed by atoms with Gasteiger partial charge in [0.2, 0.25) is 5.91 Å². The van der Waals surface area contributed by atoms with Crippen molar-refractivity contribution in [3.63, 3.8) is 0 Å². The Kier molecular flexibility index (Phi) is 6.56. The van der Waals surface area contributed by atoms with Crippen molar-refractivity contribution in [1.82, 2.24) is 10.2 Å². The first-order valence-corrected chi connectivity index (χ1v) is 7.07. The molecule has 0 spiro atoms. The molecule has 1 aliphatic rings. The summed E-state index contributed by atoms with van der Waals surface area (Å²) in [5.74, 6) is 1.68. The summed E-state index contributed by atoms with van der Waals surface area (Å²) in [6.07, 6.45) is 4.37. The van der Waals surface area contributed by atoms with Gasteiger partial charge < -0.3 is 10.2 Å². The fourth-order valence-electron chi connectivity index (χ4n) is 2.34. The molecule has 1 fully saturated rings. The molecule has 0 bridgehead atoms. The Morgan fingerprint density at radius 3 is 2.88 bits per heavy atom. The second kappa shape index (κ2) is 7.70. The van der Waals surface area contributed by atoms with Crippen LogP contribution < -0.4 is 5.32 Å². The molecule has 1 amide bonds. The summed E-state index contributed by atoms with van der Waals surface area (Å²) in [4.78, 5) is 14.0. The number of piperidine rings is 1. The summed E-state index contributed by atoms with van der Waals surface area (Å²) in [5.41, 5.74) is 0. The lowest BCUT2D eigenvalue weighted by atomic mass is 10.0. The maximum absolute atomic E-state index is 11.6. The van der Waals surface area contributed by atoms with Crippen LogP contribution in [-0.4, -0.2) is 37.0 Å². The third-order valence-electron chi connectivity index (χ3n) is 3.44. The largest absolute Gasteiger partial charge is 0.356 e. The molecular formula is C14H28N2O. The van der Waals surface area contributed by atoms with Gasteiger partial charge in [0.15, 0.2) is 0 Å². The van der Waals surface area contributed by atoms with Gasteiger partial charge in [0.1, 0.15) is 0 Å². The second-order valence-corrected chi connectivity index (χ2v) is 5.83. The van der Waals surface area contributed by atoms with E-state index < -0.39 is 0 Å². The average molecular weight is 240 g/mol. The van der Waals surface area contributed by atoms with E-state index in [-0.39, 0.29) is 5.91 Å². The molecule has 17 heavy (non-hydrogen) atoms. The van der Waals surface area contributed by atoms with E-state index in [2.05, 4.69) is 31.0 Å². The monoisotopic (exact) mass is 240 g/mol. The van der Waals surface area contributed by atoms with Crippen molar-refractivity contribution in [3.05, 3.63) is 0 Å². The number of carbonyl (C=O) groups is 1. The highest BCUT2D eigenvalue weighted by Crippen LogP contribution is 2.15. The van der Waals surface area contributed by atoms with Crippen molar-refractivity contribution in [2.75, 3.05) is 26.2 Å². The number of amides is 1. The van der Waals surface area contributed by atoms with Crippen LogP contribution >= 0.6 is 0 Å². The minimum absolute atomic E-state index is 0.212. The van der Waals surface area contributed by atoms with E-state index in [1.54, 1.807) is 0 Å². The predicted octanol–water partition coefficient (Wildman–Crippen LogP) is 2.27. The van der Waals surface area contributed by atoms with E-state index in [0.717, 1.165) is 25.4 Å². The van der Waals surface area contributed by atoms with Gasteiger partial charge >= 0.3 is 0 Å². The van der Waals surface area contributed by atoms with Gasteiger partial charge in [-0.25, -0.2) is 0 Å². The molecule has 0 saturated carbocycles. The van der Waals surface area contributed by atoms with E-state index in [4.69, 9.17) is 0 Å². The summed E-state index contributed by atoms with van der Waals surface area (Å²) in [6, 6.07) is 0. The van der Waals surface area contributed by atoms with Crippen molar-refractivity contribution in [3.8, 4) is 0 Å². The summed E-state index contributed by atoms with van der Waals surface area (Å²) >= 11 is 0. The molecule has 1 N–H and O–H groups in total. The van der Waals surface area contributed by atoms with Gasteiger partial charge in [0, 0.05) is 26.1 Å². The Labute approximate surface area is 106 Å². The first-order chi connectivity index (χ1) is 8.08. The molecular weight excluding hydrogens is 212 g/mol. The standard InChI is InChI=1S/C14H28N2O/c1-12(2)6-8-15-14(17)7-10-16-9-4-5-13(3)11-16/h12-13H,4-11H2,1-3H3,(H,15,17). The molecule has 0 aliphatic carbocycles. The minimum Gasteiger partial charge on any atom is -0.356 e. The number of hydrogen-bond acceptors (Lipinski definition) is 2. The summed E-state index contributed by atoms with van der Waals surface area (Å²) in [7, 11) is 0. The third-order valence-corrected chi connectivity index (χ3v) is 3.44. The highest BCUT2D eigenvalue weighted by atomic mass is 16.1. The van der Waals surface area contributed by atoms with Gasteiger partial charge in [-0.2, -0.15) is 0 Å². The molecule has 1 unspecified atom stereocenters. The van der Waals surface area contributed by atoms with Gasteiger partial charge in [-0.3, -0.25) is 4.79 Å². The minimum atomic E-state index is 0.212. The van der Waals surface area contributed by atoms with Crippen molar-refractivity contribution in [2.24, 2.45) is 11.8 Å². The molecule has 1 rings (SSSR count). The normalized spacial score (nSPS) is 21.8. The Bertz CT molecular complexity index is 228. The highest BCUT2D eigenvalue weighted by molar-refractivity contribution is 5.75. The van der Waals surface area contributed by atoms with Crippen LogP contribution in [0.4, 0.5) is 0 Å². The van der Waals surface area contributed by atoms with Crippen molar-refractivity contribution in [2.45, 2.75) is 46.5 Å². The number of nitrogens with zero attached hydrogens (tertiary/aromatic N) is 1. The lowest BCUT2D eigenvalue weighted by molar-refractivity contribution is -0.121. The molecule has 100 valence electrons. The number of carbonyl (C=O) groups excluding carboxylic acids is 1. The fraction of sp³-hybridized carbons (Fsp3) is 0.929. The lowest BCUT2D eigenvalue weighted by Gasteiger charge is -2.30. The van der Waals surface area contributed by atoms with Crippen LogP contribution in [0.15, 0.2) is 0 Å². The molecule has 3 heteroatoms. The molecule has 0 aromatic rings. The van der Waals surface area contributed by atoms with Crippen LogP contribution in [0.3, 0.4) is 0 Å². The van der Waals surface area contributed by atoms with E-state index >= 15 is 0 Å². The van der Waals surface area contributed by atoms with Gasteiger partial charge in [-0.05, 0) is 37.6 Å². The van der Waals surface area contributed by atoms with Crippen LogP contribution in [0, 0.1) is 11.8 Å². The molecule has 1 atom stereocenters. The molecule has 0 aromatic heterocycles. The van der Waals surface area contributed by atoms with Crippen molar-refractivity contribution < 1.29 is 4.79 Å². The Hall–Kier alpha value is -0.570. The molecule has 0 aromatic carbocycles. The lowest BCUT2D eigenvalue weighted by Crippen LogP contribution is -2.37. The zero-order valence-corrected chi connectivity index (χ0v) is 11.7. The van der Waals surface area contributed by atoms with E-state index in [1.165, 1.54) is 25.9 Å². The van der Waals surface area contributed by atoms with Gasteiger partial charge in [0.05, 0.1) is 0 Å². The third kappa shape index (κ3) is 6.67. The Morgan fingerprint density at radius 1 is 1.47 bits per heavy atom. The molecule has 1 aliphatic heterocycles. The molecule has 1 saturated heterocycles. The van der Waals surface area contributed by atoms with E-state index in [1.807, 2.05) is 0 Å². The van der Waals surface area contributed by atoms with E-state index in [0.29, 0.717) is 12.3 Å². The molecule has 1 heterocycles. The van der Waals surface area contributed by atoms with Gasteiger partial charge in [0.25, 0.3) is 0 Å². The zero-order valence-electron chi connectivity index (χ0n) is 11.7. The summed E-state index contributed by atoms with van der Waals surface area (Å²) < 4.78 is 0. The average Bonchev–Trinajstić information content (AvgIpc) is 2.26. The zero-order chi connectivity index (χ0) is 12.7. The number of nitrogens with one attached hydrogen (secondary N) is 1. The smallest absolute Gasteiger partial charge is 0.221 e. The SMILES string of the molecule is CC(C)CCNC(=O)CCN1CCCC(C)C1. The first kappa shape index (κ1) is 14.5. The quantitative estimate of drug-likeness (QED) is 0.772. The van der Waals surface area contributed by atoms with E-state index in [9.17, 15) is 4.79 Å². The summed E-state index contributed by atoms with van der Waals surface area (Å²) in [6.45, 7) is 10.8. The first-order valence-electron chi connectivity index (χ1n) is 7.07. The topological polar surface area (TPSA) is 32.3 Å². The predicted molar refractivity (Wildman–Crippen MR) is 71.9 cm³/mol. The molecule has 0 radical (unpaired) electrons. The van der Waals surface area contributed by atoms with Gasteiger partial charge in [-0.1, -0.05) is 20.8 Å². The van der Waals surface area contributed by atoms with Crippen LogP contribution in [0.25, 0.3) is 0 Å². The fourth-order valence-corrected chi connectivity index (χ4v) is 2.34. The van der Waals surface area contributed by atoms with Crippen LogP contribution in [0.1, 0.15) is 46.5 Å².